The Morgan fingerprint density at radius 1 is 1.50 bits per heavy atom. The summed E-state index contributed by atoms with van der Waals surface area (Å²) in [7, 11) is 0. The van der Waals surface area contributed by atoms with Crippen LogP contribution in [0, 0.1) is 0 Å². The monoisotopic (exact) mass is 238 g/mol. The van der Waals surface area contributed by atoms with E-state index in [2.05, 4.69) is 23.7 Å². The summed E-state index contributed by atoms with van der Waals surface area (Å²) in [5, 5.41) is 0. The van der Waals surface area contributed by atoms with Gasteiger partial charge in [0.25, 0.3) is 0 Å². The van der Waals surface area contributed by atoms with Crippen molar-refractivity contribution in [3.05, 3.63) is 24.0 Å². The highest BCUT2D eigenvalue weighted by atomic mass is 35.5. The molecule has 2 unspecified atom stereocenters. The van der Waals surface area contributed by atoms with Gasteiger partial charge in [-0.15, -0.1) is 11.6 Å². The largest absolute Gasteiger partial charge is 0.364 e. The van der Waals surface area contributed by atoms with Crippen molar-refractivity contribution in [3.8, 4) is 0 Å². The first-order valence-corrected chi connectivity index (χ1v) is 6.58. The number of aromatic nitrogens is 1. The van der Waals surface area contributed by atoms with Gasteiger partial charge < -0.3 is 4.90 Å². The molecular formula is C13H19ClN2. The zero-order valence-corrected chi connectivity index (χ0v) is 10.7. The Bertz CT molecular complexity index is 354. The fourth-order valence-corrected chi connectivity index (χ4v) is 2.89. The first-order valence-electron chi connectivity index (χ1n) is 6.05. The number of alkyl halides is 1. The van der Waals surface area contributed by atoms with Crippen molar-refractivity contribution in [2.75, 3.05) is 4.90 Å². The molecule has 1 saturated heterocycles. The van der Waals surface area contributed by atoms with E-state index in [0.29, 0.717) is 18.0 Å². The third-order valence-corrected chi connectivity index (χ3v) is 3.85. The Balaban J connectivity index is 2.34. The number of nitrogens with zero attached hydrogens (tertiary/aromatic N) is 2. The Labute approximate surface area is 103 Å². The molecule has 0 radical (unpaired) electrons. The van der Waals surface area contributed by atoms with Gasteiger partial charge in [0.15, 0.2) is 0 Å². The van der Waals surface area contributed by atoms with E-state index in [9.17, 15) is 0 Å². The minimum atomic E-state index is 0.567. The predicted octanol–water partition coefficient (Wildman–Crippen LogP) is 3.59. The summed E-state index contributed by atoms with van der Waals surface area (Å²) in [6, 6.07) is 3.29. The molecule has 16 heavy (non-hydrogen) atoms. The second kappa shape index (κ2) is 5.05. The van der Waals surface area contributed by atoms with Crippen LogP contribution < -0.4 is 4.90 Å². The van der Waals surface area contributed by atoms with E-state index in [1.165, 1.54) is 30.5 Å². The van der Waals surface area contributed by atoms with Gasteiger partial charge in [-0.3, -0.25) is 4.98 Å². The molecule has 2 heterocycles. The van der Waals surface area contributed by atoms with Crippen LogP contribution in [0.25, 0.3) is 0 Å². The lowest BCUT2D eigenvalue weighted by molar-refractivity contribution is 0.625. The maximum atomic E-state index is 5.99. The number of pyridine rings is 1. The molecule has 0 N–H and O–H groups in total. The van der Waals surface area contributed by atoms with Gasteiger partial charge in [0.2, 0.25) is 0 Å². The molecule has 1 aromatic rings. The van der Waals surface area contributed by atoms with Gasteiger partial charge in [0.1, 0.15) is 0 Å². The number of hydrogen-bond donors (Lipinski definition) is 0. The van der Waals surface area contributed by atoms with E-state index in [-0.39, 0.29) is 0 Å². The molecule has 0 spiro atoms. The van der Waals surface area contributed by atoms with Crippen LogP contribution in [0.4, 0.5) is 5.69 Å². The van der Waals surface area contributed by atoms with Crippen molar-refractivity contribution in [2.45, 2.75) is 51.1 Å². The topological polar surface area (TPSA) is 16.1 Å². The summed E-state index contributed by atoms with van der Waals surface area (Å²) in [6.45, 7) is 4.55. The van der Waals surface area contributed by atoms with Crippen molar-refractivity contribution in [2.24, 2.45) is 0 Å². The second-order valence-electron chi connectivity index (χ2n) is 4.53. The highest BCUT2D eigenvalue weighted by Gasteiger charge is 2.30. The first kappa shape index (κ1) is 11.7. The van der Waals surface area contributed by atoms with Crippen molar-refractivity contribution in [1.82, 2.24) is 4.98 Å². The molecule has 1 aromatic heterocycles. The van der Waals surface area contributed by atoms with Gasteiger partial charge >= 0.3 is 0 Å². The fourth-order valence-electron chi connectivity index (χ4n) is 2.67. The molecule has 2 nitrogen and oxygen atoms in total. The Hall–Kier alpha value is -0.760. The minimum absolute atomic E-state index is 0.567. The van der Waals surface area contributed by atoms with E-state index >= 15 is 0 Å². The Morgan fingerprint density at radius 2 is 2.31 bits per heavy atom. The van der Waals surface area contributed by atoms with Gasteiger partial charge in [0.05, 0.1) is 11.9 Å². The van der Waals surface area contributed by atoms with E-state index in [0.717, 1.165) is 0 Å². The van der Waals surface area contributed by atoms with E-state index in [1.807, 2.05) is 18.5 Å². The highest BCUT2D eigenvalue weighted by molar-refractivity contribution is 6.17. The summed E-state index contributed by atoms with van der Waals surface area (Å²) in [5.41, 5.74) is 2.43. The number of rotatable bonds is 3. The molecule has 0 aliphatic carbocycles. The summed E-state index contributed by atoms with van der Waals surface area (Å²) in [6.07, 6.45) is 7.54. The lowest BCUT2D eigenvalue weighted by atomic mass is 10.1. The van der Waals surface area contributed by atoms with E-state index in [4.69, 9.17) is 11.6 Å². The normalized spacial score (nSPS) is 25.1. The average molecular weight is 239 g/mol. The first-order chi connectivity index (χ1) is 7.77. The number of hydrogen-bond acceptors (Lipinski definition) is 2. The summed E-state index contributed by atoms with van der Waals surface area (Å²) < 4.78 is 0. The van der Waals surface area contributed by atoms with E-state index in [1.54, 1.807) is 0 Å². The molecule has 0 aromatic carbocycles. The van der Waals surface area contributed by atoms with Crippen LogP contribution >= 0.6 is 11.6 Å². The van der Waals surface area contributed by atoms with Crippen molar-refractivity contribution >= 4 is 17.3 Å². The molecule has 88 valence electrons. The maximum Gasteiger partial charge on any atom is 0.0602 e. The Kier molecular flexibility index (Phi) is 3.70. The third-order valence-electron chi connectivity index (χ3n) is 3.57. The lowest BCUT2D eigenvalue weighted by Crippen LogP contribution is -2.34. The standard InChI is InChI=1S/C13H19ClN2/c1-3-12-5-4-10(2)16(12)13-9-15-7-6-11(13)8-14/h6-7,9-10,12H,3-5,8H2,1-2H3. The molecular weight excluding hydrogens is 220 g/mol. The third kappa shape index (κ3) is 2.03. The molecule has 0 saturated carbocycles. The molecule has 3 heteroatoms. The summed E-state index contributed by atoms with van der Waals surface area (Å²) in [5.74, 6) is 0.567. The second-order valence-corrected chi connectivity index (χ2v) is 4.80. The minimum Gasteiger partial charge on any atom is -0.364 e. The fraction of sp³-hybridized carbons (Fsp3) is 0.615. The maximum absolute atomic E-state index is 5.99. The quantitative estimate of drug-likeness (QED) is 0.749. The van der Waals surface area contributed by atoms with Crippen molar-refractivity contribution < 1.29 is 0 Å². The van der Waals surface area contributed by atoms with Crippen LogP contribution in [0.1, 0.15) is 38.7 Å². The van der Waals surface area contributed by atoms with Crippen LogP contribution in [-0.4, -0.2) is 17.1 Å². The molecule has 1 fully saturated rings. The SMILES string of the molecule is CCC1CCC(C)N1c1cnccc1CCl. The molecule has 1 aliphatic heterocycles. The van der Waals surface area contributed by atoms with Gasteiger partial charge in [-0.25, -0.2) is 0 Å². The number of anilines is 1. The van der Waals surface area contributed by atoms with Gasteiger partial charge in [-0.2, -0.15) is 0 Å². The van der Waals surface area contributed by atoms with E-state index < -0.39 is 0 Å². The molecule has 2 rings (SSSR count). The molecule has 0 bridgehead atoms. The average Bonchev–Trinajstić information content (AvgIpc) is 2.70. The van der Waals surface area contributed by atoms with Crippen LogP contribution in [0.15, 0.2) is 18.5 Å². The van der Waals surface area contributed by atoms with Crippen molar-refractivity contribution in [3.63, 3.8) is 0 Å². The molecule has 1 aliphatic rings. The van der Waals surface area contributed by atoms with Crippen LogP contribution in [0.3, 0.4) is 0 Å². The van der Waals surface area contributed by atoms with Gasteiger partial charge in [-0.1, -0.05) is 6.92 Å². The van der Waals surface area contributed by atoms with Crippen molar-refractivity contribution in [1.29, 1.82) is 0 Å². The zero-order valence-electron chi connectivity index (χ0n) is 9.99. The predicted molar refractivity (Wildman–Crippen MR) is 69.0 cm³/mol. The van der Waals surface area contributed by atoms with Crippen LogP contribution in [0.2, 0.25) is 0 Å². The summed E-state index contributed by atoms with van der Waals surface area (Å²) >= 11 is 5.99. The van der Waals surface area contributed by atoms with Crippen LogP contribution in [0.5, 0.6) is 0 Å². The molecule has 2 atom stereocenters. The number of halogens is 1. The highest BCUT2D eigenvalue weighted by Crippen LogP contribution is 2.34. The van der Waals surface area contributed by atoms with Crippen LogP contribution in [-0.2, 0) is 5.88 Å². The zero-order chi connectivity index (χ0) is 11.5. The molecule has 0 amide bonds. The smallest absolute Gasteiger partial charge is 0.0602 e. The summed E-state index contributed by atoms with van der Waals surface area (Å²) in [4.78, 5) is 6.75. The van der Waals surface area contributed by atoms with Gasteiger partial charge in [0, 0.05) is 24.2 Å². The van der Waals surface area contributed by atoms with Gasteiger partial charge in [-0.05, 0) is 37.8 Å². The Morgan fingerprint density at radius 3 is 3.00 bits per heavy atom. The lowest BCUT2D eigenvalue weighted by Gasteiger charge is -2.31.